The van der Waals surface area contributed by atoms with Crippen molar-refractivity contribution in [1.82, 2.24) is 5.32 Å². The van der Waals surface area contributed by atoms with Gasteiger partial charge in [-0.3, -0.25) is 4.79 Å². The third kappa shape index (κ3) is 1.59. The van der Waals surface area contributed by atoms with E-state index < -0.39 is 0 Å². The van der Waals surface area contributed by atoms with Gasteiger partial charge in [0, 0.05) is 22.6 Å². The third-order valence-electron chi connectivity index (χ3n) is 3.91. The quantitative estimate of drug-likeness (QED) is 0.750. The number of carbonyl (C=O) groups is 1. The lowest BCUT2D eigenvalue weighted by Gasteiger charge is -2.40. The van der Waals surface area contributed by atoms with Crippen LogP contribution in [0.4, 0.5) is 0 Å². The highest BCUT2D eigenvalue weighted by atomic mass is 35.5. The first kappa shape index (κ1) is 10.8. The van der Waals surface area contributed by atoms with Crippen molar-refractivity contribution in [3.63, 3.8) is 0 Å². The monoisotopic (exact) mass is 247 g/mol. The lowest BCUT2D eigenvalue weighted by Crippen LogP contribution is -2.44. The molecule has 2 nitrogen and oxygen atoms in total. The van der Waals surface area contributed by atoms with Crippen molar-refractivity contribution >= 4 is 17.5 Å². The van der Waals surface area contributed by atoms with Gasteiger partial charge in [0.1, 0.15) is 0 Å². The van der Waals surface area contributed by atoms with Crippen LogP contribution in [0.1, 0.15) is 30.9 Å². The zero-order valence-corrected chi connectivity index (χ0v) is 10.5. The van der Waals surface area contributed by atoms with Crippen LogP contribution in [0.5, 0.6) is 0 Å². The van der Waals surface area contributed by atoms with Gasteiger partial charge in [-0.25, -0.2) is 0 Å². The average Bonchev–Trinajstić information content (AvgIpc) is 2.30. The van der Waals surface area contributed by atoms with Crippen LogP contribution in [0.2, 0.25) is 5.02 Å². The SMILES string of the molecule is C[C@]12CCC(=O)NC1=CCc1cc(Cl)ccc12. The Bertz CT molecular complexity index is 535. The second kappa shape index (κ2) is 3.61. The predicted molar refractivity (Wildman–Crippen MR) is 68.0 cm³/mol. The molecule has 2 aliphatic rings. The number of amides is 1. The number of fused-ring (bicyclic) bond motifs is 3. The molecule has 1 amide bonds. The van der Waals surface area contributed by atoms with E-state index in [1.54, 1.807) is 0 Å². The van der Waals surface area contributed by atoms with Gasteiger partial charge < -0.3 is 5.32 Å². The highest BCUT2D eigenvalue weighted by Crippen LogP contribution is 2.43. The number of halogens is 1. The van der Waals surface area contributed by atoms with E-state index in [1.807, 2.05) is 12.1 Å². The Morgan fingerprint density at radius 1 is 1.41 bits per heavy atom. The average molecular weight is 248 g/mol. The van der Waals surface area contributed by atoms with Crippen LogP contribution in [-0.4, -0.2) is 5.91 Å². The summed E-state index contributed by atoms with van der Waals surface area (Å²) < 4.78 is 0. The Kier molecular flexibility index (Phi) is 2.30. The molecule has 1 saturated heterocycles. The summed E-state index contributed by atoms with van der Waals surface area (Å²) in [7, 11) is 0. The lowest BCUT2D eigenvalue weighted by atomic mass is 9.69. The Hall–Kier alpha value is -1.28. The van der Waals surface area contributed by atoms with E-state index in [0.717, 1.165) is 23.6 Å². The molecule has 3 rings (SSSR count). The molecule has 1 fully saturated rings. The van der Waals surface area contributed by atoms with Gasteiger partial charge in [-0.2, -0.15) is 0 Å². The lowest BCUT2D eigenvalue weighted by molar-refractivity contribution is -0.122. The number of hydrogen-bond donors (Lipinski definition) is 1. The summed E-state index contributed by atoms with van der Waals surface area (Å²) in [6, 6.07) is 6.07. The second-order valence-corrected chi connectivity index (χ2v) is 5.44. The first-order chi connectivity index (χ1) is 8.09. The molecule has 1 aliphatic heterocycles. The molecule has 3 heteroatoms. The summed E-state index contributed by atoms with van der Waals surface area (Å²) in [5, 5.41) is 3.79. The first-order valence-corrected chi connectivity index (χ1v) is 6.27. The highest BCUT2D eigenvalue weighted by Gasteiger charge is 2.39. The number of nitrogens with one attached hydrogen (secondary N) is 1. The summed E-state index contributed by atoms with van der Waals surface area (Å²) in [4.78, 5) is 11.5. The smallest absolute Gasteiger partial charge is 0.224 e. The van der Waals surface area contributed by atoms with Crippen LogP contribution in [0.15, 0.2) is 30.0 Å². The van der Waals surface area contributed by atoms with Gasteiger partial charge in [0.25, 0.3) is 0 Å². The molecule has 1 atom stereocenters. The van der Waals surface area contributed by atoms with E-state index >= 15 is 0 Å². The van der Waals surface area contributed by atoms with Crippen molar-refractivity contribution < 1.29 is 4.79 Å². The van der Waals surface area contributed by atoms with Gasteiger partial charge in [0.05, 0.1) is 0 Å². The third-order valence-corrected chi connectivity index (χ3v) is 4.14. The fourth-order valence-electron chi connectivity index (χ4n) is 2.89. The van der Waals surface area contributed by atoms with Crippen molar-refractivity contribution in [3.05, 3.63) is 46.1 Å². The summed E-state index contributed by atoms with van der Waals surface area (Å²) in [6.07, 6.45) is 4.44. The maximum Gasteiger partial charge on any atom is 0.224 e. The minimum absolute atomic E-state index is 0.0495. The zero-order chi connectivity index (χ0) is 12.0. The molecule has 0 spiro atoms. The van der Waals surface area contributed by atoms with Crippen LogP contribution < -0.4 is 5.32 Å². The van der Waals surface area contributed by atoms with E-state index in [0.29, 0.717) is 6.42 Å². The van der Waals surface area contributed by atoms with Gasteiger partial charge in [-0.15, -0.1) is 0 Å². The van der Waals surface area contributed by atoms with E-state index in [1.165, 1.54) is 11.1 Å². The van der Waals surface area contributed by atoms with E-state index in [4.69, 9.17) is 11.6 Å². The van der Waals surface area contributed by atoms with Gasteiger partial charge in [-0.05, 0) is 43.0 Å². The van der Waals surface area contributed by atoms with Crippen LogP contribution in [0.25, 0.3) is 0 Å². The van der Waals surface area contributed by atoms with Crippen molar-refractivity contribution in [1.29, 1.82) is 0 Å². The van der Waals surface area contributed by atoms with Crippen LogP contribution >= 0.6 is 11.6 Å². The second-order valence-electron chi connectivity index (χ2n) is 5.00. The number of benzene rings is 1. The Morgan fingerprint density at radius 2 is 2.24 bits per heavy atom. The zero-order valence-electron chi connectivity index (χ0n) is 9.72. The molecule has 0 bridgehead atoms. The molecule has 1 aromatic carbocycles. The molecule has 1 aromatic rings. The molecule has 1 heterocycles. The van der Waals surface area contributed by atoms with Crippen LogP contribution in [0, 0.1) is 0 Å². The van der Waals surface area contributed by atoms with E-state index in [9.17, 15) is 4.79 Å². The Balaban J connectivity index is 2.12. The molecular formula is C14H14ClNO. The van der Waals surface area contributed by atoms with E-state index in [2.05, 4.69) is 24.4 Å². The summed E-state index contributed by atoms with van der Waals surface area (Å²) in [6.45, 7) is 2.20. The molecule has 1 N–H and O–H groups in total. The Morgan fingerprint density at radius 3 is 3.06 bits per heavy atom. The number of hydrogen-bond acceptors (Lipinski definition) is 1. The molecule has 0 aromatic heterocycles. The maximum absolute atomic E-state index is 11.5. The van der Waals surface area contributed by atoms with Crippen LogP contribution in [-0.2, 0) is 16.6 Å². The summed E-state index contributed by atoms with van der Waals surface area (Å²) >= 11 is 6.03. The topological polar surface area (TPSA) is 29.1 Å². The summed E-state index contributed by atoms with van der Waals surface area (Å²) in [5.74, 6) is 0.131. The van der Waals surface area contributed by atoms with E-state index in [-0.39, 0.29) is 11.3 Å². The Labute approximate surface area is 106 Å². The fourth-order valence-corrected chi connectivity index (χ4v) is 3.08. The molecule has 88 valence electrons. The molecule has 0 saturated carbocycles. The van der Waals surface area contributed by atoms with Crippen molar-refractivity contribution in [2.45, 2.75) is 31.6 Å². The van der Waals surface area contributed by atoms with Gasteiger partial charge in [-0.1, -0.05) is 23.7 Å². The first-order valence-electron chi connectivity index (χ1n) is 5.89. The minimum atomic E-state index is -0.0495. The largest absolute Gasteiger partial charge is 0.329 e. The molecule has 17 heavy (non-hydrogen) atoms. The number of allylic oxidation sites excluding steroid dienone is 2. The van der Waals surface area contributed by atoms with Gasteiger partial charge in [0.2, 0.25) is 5.91 Å². The van der Waals surface area contributed by atoms with Crippen molar-refractivity contribution in [3.8, 4) is 0 Å². The van der Waals surface area contributed by atoms with Gasteiger partial charge in [0.15, 0.2) is 0 Å². The van der Waals surface area contributed by atoms with Crippen molar-refractivity contribution in [2.75, 3.05) is 0 Å². The number of rotatable bonds is 0. The molecule has 0 radical (unpaired) electrons. The molecule has 1 aliphatic carbocycles. The van der Waals surface area contributed by atoms with Crippen molar-refractivity contribution in [2.24, 2.45) is 0 Å². The van der Waals surface area contributed by atoms with Gasteiger partial charge >= 0.3 is 0 Å². The molecular weight excluding hydrogens is 234 g/mol. The normalized spacial score (nSPS) is 26.7. The van der Waals surface area contributed by atoms with Crippen LogP contribution in [0.3, 0.4) is 0 Å². The highest BCUT2D eigenvalue weighted by molar-refractivity contribution is 6.30. The fraction of sp³-hybridized carbons (Fsp3) is 0.357. The maximum atomic E-state index is 11.5. The molecule has 0 unspecified atom stereocenters. The minimum Gasteiger partial charge on any atom is -0.329 e. The number of piperidine rings is 1. The predicted octanol–water partition coefficient (Wildman–Crippen LogP) is 2.95. The summed E-state index contributed by atoms with van der Waals surface area (Å²) in [5.41, 5.74) is 3.59. The standard InChI is InChI=1S/C14H14ClNO/c1-14-7-6-13(17)16-12(14)5-2-9-8-10(15)3-4-11(9)14/h3-5,8H,2,6-7H2,1H3,(H,16,17)/t14-/m1/s1. The number of carbonyl (C=O) groups excluding carboxylic acids is 1.